The molecule has 0 saturated heterocycles. The number of ether oxygens (including phenoxy) is 2. The van der Waals surface area contributed by atoms with Crippen LogP contribution in [0.5, 0.6) is 5.75 Å². The fourth-order valence-electron chi connectivity index (χ4n) is 1.24. The highest BCUT2D eigenvalue weighted by atomic mass is 16.6. The maximum atomic E-state index is 10.8. The molecule has 0 aliphatic heterocycles. The number of carbonyl (C=O) groups excluding carboxylic acids is 1. The van der Waals surface area contributed by atoms with Gasteiger partial charge in [0, 0.05) is 6.07 Å². The Bertz CT molecular complexity index is 430. The van der Waals surface area contributed by atoms with Gasteiger partial charge in [-0.05, 0) is 18.6 Å². The molecule has 0 bridgehead atoms. The lowest BCUT2D eigenvalue weighted by Crippen LogP contribution is -2.08. The SMILES string of the molecule is COC(=O)CCOc1ccc(C)cc1[N+](=O)[O-]. The average molecular weight is 239 g/mol. The van der Waals surface area contributed by atoms with Crippen LogP contribution in [0.1, 0.15) is 12.0 Å². The van der Waals surface area contributed by atoms with Crippen LogP contribution < -0.4 is 4.74 Å². The van der Waals surface area contributed by atoms with E-state index in [9.17, 15) is 14.9 Å². The number of hydrogen-bond donors (Lipinski definition) is 0. The molecule has 6 nitrogen and oxygen atoms in total. The Morgan fingerprint density at radius 2 is 2.18 bits per heavy atom. The van der Waals surface area contributed by atoms with Crippen molar-refractivity contribution in [1.82, 2.24) is 0 Å². The van der Waals surface area contributed by atoms with Gasteiger partial charge in [-0.25, -0.2) is 0 Å². The van der Waals surface area contributed by atoms with E-state index in [4.69, 9.17) is 4.74 Å². The van der Waals surface area contributed by atoms with Crippen molar-refractivity contribution in [3.05, 3.63) is 33.9 Å². The zero-order valence-corrected chi connectivity index (χ0v) is 9.63. The third-order valence-electron chi connectivity index (χ3n) is 2.10. The summed E-state index contributed by atoms with van der Waals surface area (Å²) in [5.74, 6) is -0.260. The molecule has 1 aromatic rings. The van der Waals surface area contributed by atoms with Gasteiger partial charge in [0.1, 0.15) is 0 Å². The Hall–Kier alpha value is -2.11. The van der Waals surface area contributed by atoms with Crippen molar-refractivity contribution in [2.45, 2.75) is 13.3 Å². The number of aryl methyl sites for hydroxylation is 1. The summed E-state index contributed by atoms with van der Waals surface area (Å²) in [5.41, 5.74) is 0.673. The molecule has 0 amide bonds. The van der Waals surface area contributed by atoms with Crippen molar-refractivity contribution >= 4 is 11.7 Å². The summed E-state index contributed by atoms with van der Waals surface area (Å²) < 4.78 is 9.62. The topological polar surface area (TPSA) is 78.7 Å². The fourth-order valence-corrected chi connectivity index (χ4v) is 1.24. The van der Waals surface area contributed by atoms with Crippen LogP contribution in [-0.2, 0) is 9.53 Å². The van der Waals surface area contributed by atoms with Crippen LogP contribution >= 0.6 is 0 Å². The van der Waals surface area contributed by atoms with Gasteiger partial charge in [-0.15, -0.1) is 0 Å². The number of nitro groups is 1. The summed E-state index contributed by atoms with van der Waals surface area (Å²) >= 11 is 0. The predicted molar refractivity (Wildman–Crippen MR) is 60.0 cm³/mol. The number of methoxy groups -OCH3 is 1. The van der Waals surface area contributed by atoms with Crippen molar-refractivity contribution in [1.29, 1.82) is 0 Å². The van der Waals surface area contributed by atoms with Gasteiger partial charge in [0.2, 0.25) is 0 Å². The zero-order valence-electron chi connectivity index (χ0n) is 9.63. The smallest absolute Gasteiger partial charge is 0.311 e. The largest absolute Gasteiger partial charge is 0.486 e. The van der Waals surface area contributed by atoms with Crippen molar-refractivity contribution in [3.63, 3.8) is 0 Å². The Morgan fingerprint density at radius 1 is 1.47 bits per heavy atom. The molecule has 0 aliphatic carbocycles. The maximum absolute atomic E-state index is 10.8. The van der Waals surface area contributed by atoms with E-state index in [0.717, 1.165) is 5.56 Å². The summed E-state index contributed by atoms with van der Waals surface area (Å²) in [6.07, 6.45) is 0.0571. The normalized spacial score (nSPS) is 9.76. The molecule has 6 heteroatoms. The number of hydrogen-bond acceptors (Lipinski definition) is 5. The minimum atomic E-state index is -0.513. The fraction of sp³-hybridized carbons (Fsp3) is 0.364. The van der Waals surface area contributed by atoms with Crippen LogP contribution in [-0.4, -0.2) is 24.6 Å². The number of carbonyl (C=O) groups is 1. The van der Waals surface area contributed by atoms with Crippen LogP contribution in [0.25, 0.3) is 0 Å². The second kappa shape index (κ2) is 5.83. The Labute approximate surface area is 98.3 Å². The Morgan fingerprint density at radius 3 is 2.76 bits per heavy atom. The second-order valence-electron chi connectivity index (χ2n) is 3.40. The van der Waals surface area contributed by atoms with Gasteiger partial charge in [0.05, 0.1) is 25.1 Å². The number of benzene rings is 1. The minimum Gasteiger partial charge on any atom is -0.486 e. The molecular formula is C11H13NO5. The molecule has 92 valence electrons. The van der Waals surface area contributed by atoms with Gasteiger partial charge >= 0.3 is 11.7 Å². The number of nitrogens with zero attached hydrogens (tertiary/aromatic N) is 1. The van der Waals surface area contributed by atoms with Gasteiger partial charge < -0.3 is 9.47 Å². The standard InChI is InChI=1S/C11H13NO5/c1-8-3-4-10(9(7-8)12(14)15)17-6-5-11(13)16-2/h3-4,7H,5-6H2,1-2H3. The quantitative estimate of drug-likeness (QED) is 0.445. The van der Waals surface area contributed by atoms with Gasteiger partial charge in [-0.3, -0.25) is 14.9 Å². The molecular weight excluding hydrogens is 226 g/mol. The monoisotopic (exact) mass is 239 g/mol. The first-order chi connectivity index (χ1) is 8.04. The molecule has 0 heterocycles. The van der Waals surface area contributed by atoms with E-state index < -0.39 is 10.9 Å². The highest BCUT2D eigenvalue weighted by Gasteiger charge is 2.15. The molecule has 1 rings (SSSR count). The number of nitro benzene ring substituents is 1. The molecule has 0 radical (unpaired) electrons. The molecule has 0 unspecified atom stereocenters. The lowest BCUT2D eigenvalue weighted by molar-refractivity contribution is -0.385. The van der Waals surface area contributed by atoms with Crippen molar-refractivity contribution < 1.29 is 19.2 Å². The lowest BCUT2D eigenvalue weighted by Gasteiger charge is -2.06. The van der Waals surface area contributed by atoms with Crippen LogP contribution in [0.4, 0.5) is 5.69 Å². The highest BCUT2D eigenvalue weighted by molar-refractivity contribution is 5.69. The molecule has 1 aromatic carbocycles. The van der Waals surface area contributed by atoms with Crippen LogP contribution in [0.3, 0.4) is 0 Å². The highest BCUT2D eigenvalue weighted by Crippen LogP contribution is 2.27. The molecule has 0 aliphatic rings. The van der Waals surface area contributed by atoms with E-state index in [2.05, 4.69) is 4.74 Å². The molecule has 0 spiro atoms. The summed E-state index contributed by atoms with van der Waals surface area (Å²) in [4.78, 5) is 21.1. The van der Waals surface area contributed by atoms with Crippen molar-refractivity contribution in [3.8, 4) is 5.75 Å². The molecule has 0 fully saturated rings. The van der Waals surface area contributed by atoms with Gasteiger partial charge in [-0.1, -0.05) is 6.07 Å². The van der Waals surface area contributed by atoms with Crippen molar-refractivity contribution in [2.24, 2.45) is 0 Å². The first-order valence-corrected chi connectivity index (χ1v) is 4.99. The predicted octanol–water partition coefficient (Wildman–Crippen LogP) is 1.85. The maximum Gasteiger partial charge on any atom is 0.311 e. The first-order valence-electron chi connectivity index (χ1n) is 4.99. The molecule has 0 saturated carbocycles. The first kappa shape index (κ1) is 13.0. The van der Waals surface area contributed by atoms with E-state index in [1.165, 1.54) is 19.2 Å². The number of rotatable bonds is 5. The molecule has 0 atom stereocenters. The zero-order chi connectivity index (χ0) is 12.8. The summed E-state index contributed by atoms with van der Waals surface area (Å²) in [5, 5.41) is 10.8. The van der Waals surface area contributed by atoms with E-state index in [0.29, 0.717) is 0 Å². The third kappa shape index (κ3) is 3.75. The summed E-state index contributed by atoms with van der Waals surface area (Å²) in [7, 11) is 1.27. The molecule has 0 N–H and O–H groups in total. The van der Waals surface area contributed by atoms with Gasteiger partial charge in [-0.2, -0.15) is 0 Å². The lowest BCUT2D eigenvalue weighted by atomic mass is 10.2. The van der Waals surface area contributed by atoms with E-state index in [1.807, 2.05) is 0 Å². The van der Waals surface area contributed by atoms with Crippen LogP contribution in [0.2, 0.25) is 0 Å². The van der Waals surface area contributed by atoms with Gasteiger partial charge in [0.15, 0.2) is 5.75 Å². The third-order valence-corrected chi connectivity index (χ3v) is 2.10. The van der Waals surface area contributed by atoms with Crippen molar-refractivity contribution in [2.75, 3.05) is 13.7 Å². The molecule has 17 heavy (non-hydrogen) atoms. The summed E-state index contributed by atoms with van der Waals surface area (Å²) in [6, 6.07) is 4.65. The van der Waals surface area contributed by atoms with E-state index in [1.54, 1.807) is 13.0 Å². The Kier molecular flexibility index (Phi) is 4.45. The second-order valence-corrected chi connectivity index (χ2v) is 3.40. The van der Waals surface area contributed by atoms with Crippen LogP contribution in [0, 0.1) is 17.0 Å². The number of esters is 1. The van der Waals surface area contributed by atoms with E-state index >= 15 is 0 Å². The van der Waals surface area contributed by atoms with Gasteiger partial charge in [0.25, 0.3) is 0 Å². The summed E-state index contributed by atoms with van der Waals surface area (Å²) in [6.45, 7) is 1.81. The average Bonchev–Trinajstić information content (AvgIpc) is 2.30. The minimum absolute atomic E-state index is 0.0522. The Balaban J connectivity index is 2.70. The molecule has 0 aromatic heterocycles. The van der Waals surface area contributed by atoms with E-state index in [-0.39, 0.29) is 24.5 Å². The van der Waals surface area contributed by atoms with Crippen LogP contribution in [0.15, 0.2) is 18.2 Å².